The molecule has 1 aromatic rings. The Labute approximate surface area is 136 Å². The van der Waals surface area contributed by atoms with Crippen molar-refractivity contribution in [2.24, 2.45) is 0 Å². The van der Waals surface area contributed by atoms with Crippen LogP contribution in [0.25, 0.3) is 0 Å². The molecule has 0 aliphatic rings. The van der Waals surface area contributed by atoms with Crippen LogP contribution in [0.5, 0.6) is 11.5 Å². The van der Waals surface area contributed by atoms with E-state index in [9.17, 15) is 9.59 Å². The zero-order valence-electron chi connectivity index (χ0n) is 13.9. The number of benzene rings is 1. The van der Waals surface area contributed by atoms with Gasteiger partial charge in [0.25, 0.3) is 0 Å². The number of ether oxygens (including phenoxy) is 4. The summed E-state index contributed by atoms with van der Waals surface area (Å²) in [6.07, 6.45) is 2.37. The molecule has 23 heavy (non-hydrogen) atoms. The van der Waals surface area contributed by atoms with Gasteiger partial charge in [-0.15, -0.1) is 0 Å². The lowest BCUT2D eigenvalue weighted by Gasteiger charge is -2.13. The van der Waals surface area contributed by atoms with Gasteiger partial charge >= 0.3 is 11.9 Å². The molecule has 0 aliphatic heterocycles. The summed E-state index contributed by atoms with van der Waals surface area (Å²) in [6.45, 7) is 2.21. The topological polar surface area (TPSA) is 71.1 Å². The highest BCUT2D eigenvalue weighted by molar-refractivity contribution is 5.74. The van der Waals surface area contributed by atoms with Crippen LogP contribution in [0.3, 0.4) is 0 Å². The lowest BCUT2D eigenvalue weighted by Crippen LogP contribution is -2.24. The van der Waals surface area contributed by atoms with E-state index in [4.69, 9.17) is 9.47 Å². The number of esters is 2. The number of unbranched alkanes of at least 4 members (excludes halogenated alkanes) is 2. The SMILES string of the molecule is COC(=O)CCCCCOc1ccc(OC(C)C(=O)OC)cc1. The fourth-order valence-electron chi connectivity index (χ4n) is 1.87. The van der Waals surface area contributed by atoms with Crippen molar-refractivity contribution in [2.75, 3.05) is 20.8 Å². The minimum absolute atomic E-state index is 0.178. The monoisotopic (exact) mass is 324 g/mol. The fourth-order valence-corrected chi connectivity index (χ4v) is 1.87. The van der Waals surface area contributed by atoms with E-state index < -0.39 is 12.1 Å². The first kappa shape index (κ1) is 18.8. The summed E-state index contributed by atoms with van der Waals surface area (Å²) < 4.78 is 20.2. The number of carbonyl (C=O) groups excluding carboxylic acids is 2. The molecular formula is C17H24O6. The van der Waals surface area contributed by atoms with Gasteiger partial charge in [-0.05, 0) is 50.5 Å². The number of hydrogen-bond donors (Lipinski definition) is 0. The molecule has 0 aliphatic carbocycles. The Bertz CT molecular complexity index is 482. The maximum Gasteiger partial charge on any atom is 0.346 e. The van der Waals surface area contributed by atoms with Crippen LogP contribution in [-0.4, -0.2) is 38.9 Å². The van der Waals surface area contributed by atoms with Gasteiger partial charge < -0.3 is 18.9 Å². The summed E-state index contributed by atoms with van der Waals surface area (Å²) in [4.78, 5) is 22.2. The molecule has 0 heterocycles. The maximum atomic E-state index is 11.3. The molecule has 0 bridgehead atoms. The predicted molar refractivity (Wildman–Crippen MR) is 84.5 cm³/mol. The maximum absolute atomic E-state index is 11.3. The number of rotatable bonds is 10. The summed E-state index contributed by atoms with van der Waals surface area (Å²) in [5, 5.41) is 0. The Morgan fingerprint density at radius 2 is 1.61 bits per heavy atom. The fraction of sp³-hybridized carbons (Fsp3) is 0.529. The van der Waals surface area contributed by atoms with Gasteiger partial charge in [-0.25, -0.2) is 4.79 Å². The smallest absolute Gasteiger partial charge is 0.346 e. The lowest BCUT2D eigenvalue weighted by atomic mass is 10.2. The van der Waals surface area contributed by atoms with Crippen molar-refractivity contribution < 1.29 is 28.5 Å². The van der Waals surface area contributed by atoms with Gasteiger partial charge in [-0.3, -0.25) is 4.79 Å². The van der Waals surface area contributed by atoms with Gasteiger partial charge in [0.2, 0.25) is 0 Å². The Morgan fingerprint density at radius 3 is 2.22 bits per heavy atom. The van der Waals surface area contributed by atoms with Gasteiger partial charge in [0.1, 0.15) is 11.5 Å². The van der Waals surface area contributed by atoms with Gasteiger partial charge in [-0.1, -0.05) is 0 Å². The largest absolute Gasteiger partial charge is 0.494 e. The van der Waals surface area contributed by atoms with Crippen molar-refractivity contribution in [3.63, 3.8) is 0 Å². The van der Waals surface area contributed by atoms with Gasteiger partial charge in [0, 0.05) is 6.42 Å². The molecule has 1 aromatic carbocycles. The molecule has 0 saturated heterocycles. The van der Waals surface area contributed by atoms with Gasteiger partial charge in [-0.2, -0.15) is 0 Å². The third-order valence-electron chi connectivity index (χ3n) is 3.19. The second-order valence-corrected chi connectivity index (χ2v) is 4.99. The van der Waals surface area contributed by atoms with Gasteiger partial charge in [0.05, 0.1) is 20.8 Å². The van der Waals surface area contributed by atoms with E-state index in [1.165, 1.54) is 14.2 Å². The van der Waals surface area contributed by atoms with Crippen LogP contribution in [-0.2, 0) is 19.1 Å². The summed E-state index contributed by atoms with van der Waals surface area (Å²) in [5.41, 5.74) is 0. The van der Waals surface area contributed by atoms with E-state index in [1.54, 1.807) is 31.2 Å². The summed E-state index contributed by atoms with van der Waals surface area (Å²) in [7, 11) is 2.72. The first-order valence-electron chi connectivity index (χ1n) is 7.61. The van der Waals surface area contributed by atoms with E-state index in [1.807, 2.05) is 0 Å². The first-order chi connectivity index (χ1) is 11.1. The highest BCUT2D eigenvalue weighted by atomic mass is 16.6. The van der Waals surface area contributed by atoms with Crippen LogP contribution in [0.4, 0.5) is 0 Å². The highest BCUT2D eigenvalue weighted by Gasteiger charge is 2.14. The molecule has 6 heteroatoms. The average Bonchev–Trinajstić information content (AvgIpc) is 2.58. The predicted octanol–water partition coefficient (Wildman–Crippen LogP) is 2.74. The van der Waals surface area contributed by atoms with Crippen molar-refractivity contribution in [3.8, 4) is 11.5 Å². The Hall–Kier alpha value is -2.24. The standard InChI is InChI=1S/C17H24O6/c1-13(17(19)21-3)23-15-10-8-14(9-11-15)22-12-6-4-5-7-16(18)20-2/h8-11,13H,4-7,12H2,1-3H3. The van der Waals surface area contributed by atoms with Crippen LogP contribution in [0.2, 0.25) is 0 Å². The van der Waals surface area contributed by atoms with E-state index in [2.05, 4.69) is 9.47 Å². The van der Waals surface area contributed by atoms with Crippen molar-refractivity contribution in [1.29, 1.82) is 0 Å². The van der Waals surface area contributed by atoms with Crippen molar-refractivity contribution in [3.05, 3.63) is 24.3 Å². The Morgan fingerprint density at radius 1 is 0.957 bits per heavy atom. The van der Waals surface area contributed by atoms with Crippen LogP contribution in [0.1, 0.15) is 32.6 Å². The molecule has 0 amide bonds. The van der Waals surface area contributed by atoms with Crippen molar-refractivity contribution in [1.82, 2.24) is 0 Å². The molecule has 1 atom stereocenters. The summed E-state index contributed by atoms with van der Waals surface area (Å²) in [6, 6.07) is 7.06. The van der Waals surface area contributed by atoms with Crippen LogP contribution in [0, 0.1) is 0 Å². The third-order valence-corrected chi connectivity index (χ3v) is 3.19. The quantitative estimate of drug-likeness (QED) is 0.487. The van der Waals surface area contributed by atoms with E-state index in [0.29, 0.717) is 18.8 Å². The minimum atomic E-state index is -0.651. The van der Waals surface area contributed by atoms with E-state index >= 15 is 0 Å². The van der Waals surface area contributed by atoms with Crippen LogP contribution >= 0.6 is 0 Å². The molecule has 6 nitrogen and oxygen atoms in total. The highest BCUT2D eigenvalue weighted by Crippen LogP contribution is 2.19. The molecule has 128 valence electrons. The molecule has 0 N–H and O–H groups in total. The molecular weight excluding hydrogens is 300 g/mol. The van der Waals surface area contributed by atoms with E-state index in [-0.39, 0.29) is 5.97 Å². The average molecular weight is 324 g/mol. The van der Waals surface area contributed by atoms with Crippen LogP contribution in [0.15, 0.2) is 24.3 Å². The molecule has 0 aromatic heterocycles. The normalized spacial score (nSPS) is 11.4. The third kappa shape index (κ3) is 7.54. The number of carbonyl (C=O) groups is 2. The summed E-state index contributed by atoms with van der Waals surface area (Å²) in [5.74, 6) is 0.712. The Balaban J connectivity index is 2.24. The molecule has 0 radical (unpaired) electrons. The minimum Gasteiger partial charge on any atom is -0.494 e. The van der Waals surface area contributed by atoms with E-state index in [0.717, 1.165) is 25.0 Å². The first-order valence-corrected chi connectivity index (χ1v) is 7.61. The zero-order chi connectivity index (χ0) is 17.1. The lowest BCUT2D eigenvalue weighted by molar-refractivity contribution is -0.148. The number of hydrogen-bond acceptors (Lipinski definition) is 6. The summed E-state index contributed by atoms with van der Waals surface area (Å²) >= 11 is 0. The zero-order valence-corrected chi connectivity index (χ0v) is 13.9. The van der Waals surface area contributed by atoms with Gasteiger partial charge in [0.15, 0.2) is 6.10 Å². The second kappa shape index (κ2) is 10.5. The molecule has 1 rings (SSSR count). The molecule has 0 saturated carbocycles. The molecule has 0 spiro atoms. The van der Waals surface area contributed by atoms with Crippen molar-refractivity contribution in [2.45, 2.75) is 38.7 Å². The second-order valence-electron chi connectivity index (χ2n) is 4.99. The van der Waals surface area contributed by atoms with Crippen LogP contribution < -0.4 is 9.47 Å². The Kier molecular flexibility index (Phi) is 8.57. The molecule has 1 unspecified atom stereocenters. The molecule has 0 fully saturated rings. The van der Waals surface area contributed by atoms with Crippen molar-refractivity contribution >= 4 is 11.9 Å². The number of methoxy groups -OCH3 is 2.